The third-order valence-electron chi connectivity index (χ3n) is 4.33. The van der Waals surface area contributed by atoms with Crippen molar-refractivity contribution < 1.29 is 9.59 Å². The fourth-order valence-corrected chi connectivity index (χ4v) is 3.02. The van der Waals surface area contributed by atoms with E-state index >= 15 is 0 Å². The highest BCUT2D eigenvalue weighted by molar-refractivity contribution is 5.88. The Balaban J connectivity index is 2.04. The van der Waals surface area contributed by atoms with E-state index in [1.807, 2.05) is 30.3 Å². The van der Waals surface area contributed by atoms with E-state index in [9.17, 15) is 9.59 Å². The van der Waals surface area contributed by atoms with Crippen molar-refractivity contribution in [2.75, 3.05) is 20.6 Å². The van der Waals surface area contributed by atoms with Crippen LogP contribution in [0.2, 0.25) is 0 Å². The number of carbonyl (C=O) groups excluding carboxylic acids is 2. The number of rotatable bonds is 5. The van der Waals surface area contributed by atoms with E-state index in [-0.39, 0.29) is 17.7 Å². The monoisotopic (exact) mass is 317 g/mol. The van der Waals surface area contributed by atoms with Crippen molar-refractivity contribution in [3.8, 4) is 0 Å². The van der Waals surface area contributed by atoms with Crippen molar-refractivity contribution >= 4 is 11.8 Å². The van der Waals surface area contributed by atoms with Gasteiger partial charge in [-0.2, -0.15) is 0 Å². The Bertz CT molecular complexity index is 530. The average Bonchev–Trinajstić information content (AvgIpc) is 2.54. The van der Waals surface area contributed by atoms with Crippen LogP contribution >= 0.6 is 0 Å². The fourth-order valence-electron chi connectivity index (χ4n) is 3.02. The highest BCUT2D eigenvalue weighted by atomic mass is 16.2. The fraction of sp³-hybridized carbons (Fsp3) is 0.556. The molecule has 0 bridgehead atoms. The third-order valence-corrected chi connectivity index (χ3v) is 4.33. The highest BCUT2D eigenvalue weighted by Crippen LogP contribution is 2.17. The Hall–Kier alpha value is -1.88. The number of hydrogen-bond acceptors (Lipinski definition) is 3. The van der Waals surface area contributed by atoms with Gasteiger partial charge < -0.3 is 15.5 Å². The highest BCUT2D eigenvalue weighted by Gasteiger charge is 2.29. The largest absolute Gasteiger partial charge is 0.347 e. The molecule has 23 heavy (non-hydrogen) atoms. The number of nitrogens with one attached hydrogen (secondary N) is 2. The van der Waals surface area contributed by atoms with Gasteiger partial charge in [-0.3, -0.25) is 9.59 Å². The molecule has 1 aliphatic rings. The van der Waals surface area contributed by atoms with Crippen molar-refractivity contribution in [3.63, 3.8) is 0 Å². The molecule has 0 saturated carbocycles. The second-order valence-electron chi connectivity index (χ2n) is 6.56. The lowest BCUT2D eigenvalue weighted by molar-refractivity contribution is -0.136. The van der Waals surface area contributed by atoms with E-state index in [0.717, 1.165) is 24.9 Å². The summed E-state index contributed by atoms with van der Waals surface area (Å²) in [6.07, 6.45) is 2.16. The van der Waals surface area contributed by atoms with Crippen LogP contribution in [0.3, 0.4) is 0 Å². The van der Waals surface area contributed by atoms with E-state index in [1.54, 1.807) is 19.0 Å². The summed E-state index contributed by atoms with van der Waals surface area (Å²) in [5.74, 6) is -0.0850. The maximum atomic E-state index is 12.6. The van der Waals surface area contributed by atoms with Gasteiger partial charge in [0.1, 0.15) is 6.04 Å². The number of piperidine rings is 1. The molecule has 1 aromatic carbocycles. The van der Waals surface area contributed by atoms with Crippen LogP contribution in [0, 0.1) is 5.92 Å². The molecule has 0 aliphatic carbocycles. The van der Waals surface area contributed by atoms with Crippen molar-refractivity contribution in [2.24, 2.45) is 5.92 Å². The molecule has 1 saturated heterocycles. The smallest absolute Gasteiger partial charge is 0.244 e. The van der Waals surface area contributed by atoms with Crippen LogP contribution in [0.5, 0.6) is 0 Å². The normalized spacial score (nSPS) is 22.2. The standard InChI is InChI=1S/C18H27N3O2/c1-13-11-15(9-10-19-13)17(22)20-16(18(23)21(2)3)12-14-7-5-4-6-8-14/h4-8,13,15-16,19H,9-12H2,1-3H3,(H,20,22)/t13-,15-,16?/m0/s1. The average molecular weight is 317 g/mol. The van der Waals surface area contributed by atoms with Crippen LogP contribution in [-0.2, 0) is 16.0 Å². The summed E-state index contributed by atoms with van der Waals surface area (Å²) in [6.45, 7) is 2.94. The minimum atomic E-state index is -0.509. The number of carbonyl (C=O) groups is 2. The van der Waals surface area contributed by atoms with E-state index in [1.165, 1.54) is 0 Å². The molecule has 1 heterocycles. The number of likely N-dealkylation sites (N-methyl/N-ethyl adjacent to an activating group) is 1. The molecule has 0 aromatic heterocycles. The van der Waals surface area contributed by atoms with E-state index in [2.05, 4.69) is 17.6 Å². The maximum Gasteiger partial charge on any atom is 0.244 e. The van der Waals surface area contributed by atoms with Gasteiger partial charge in [0.25, 0.3) is 0 Å². The molecule has 0 spiro atoms. The van der Waals surface area contributed by atoms with Crippen molar-refractivity contribution in [1.82, 2.24) is 15.5 Å². The molecular weight excluding hydrogens is 290 g/mol. The van der Waals surface area contributed by atoms with Crippen molar-refractivity contribution in [3.05, 3.63) is 35.9 Å². The lowest BCUT2D eigenvalue weighted by Crippen LogP contribution is -2.51. The Kier molecular flexibility index (Phi) is 6.16. The molecule has 5 heteroatoms. The second kappa shape index (κ2) is 8.11. The lowest BCUT2D eigenvalue weighted by atomic mass is 9.92. The molecule has 1 fully saturated rings. The minimum absolute atomic E-state index is 0.00511. The van der Waals surface area contributed by atoms with E-state index in [4.69, 9.17) is 0 Å². The second-order valence-corrected chi connectivity index (χ2v) is 6.56. The van der Waals surface area contributed by atoms with Crippen LogP contribution in [0.4, 0.5) is 0 Å². The number of amides is 2. The molecule has 1 unspecified atom stereocenters. The summed E-state index contributed by atoms with van der Waals surface area (Å²) in [7, 11) is 3.44. The Labute approximate surface area is 138 Å². The summed E-state index contributed by atoms with van der Waals surface area (Å²) in [5.41, 5.74) is 1.05. The lowest BCUT2D eigenvalue weighted by Gasteiger charge is -2.29. The predicted molar refractivity (Wildman–Crippen MR) is 91.0 cm³/mol. The van der Waals surface area contributed by atoms with E-state index in [0.29, 0.717) is 12.5 Å². The minimum Gasteiger partial charge on any atom is -0.347 e. The molecule has 2 N–H and O–H groups in total. The van der Waals surface area contributed by atoms with E-state index < -0.39 is 6.04 Å². The third kappa shape index (κ3) is 5.06. The Morgan fingerprint density at radius 2 is 2.00 bits per heavy atom. The SMILES string of the molecule is C[C@H]1C[C@@H](C(=O)NC(Cc2ccccc2)C(=O)N(C)C)CCN1. The van der Waals surface area contributed by atoms with Crippen LogP contribution in [0.15, 0.2) is 30.3 Å². The van der Waals surface area contributed by atoms with Gasteiger partial charge in [0, 0.05) is 32.5 Å². The molecule has 1 aliphatic heterocycles. The first-order valence-corrected chi connectivity index (χ1v) is 8.26. The Morgan fingerprint density at radius 1 is 1.30 bits per heavy atom. The predicted octanol–water partition coefficient (Wildman–Crippen LogP) is 1.19. The van der Waals surface area contributed by atoms with Gasteiger partial charge in [-0.05, 0) is 31.9 Å². The molecule has 0 radical (unpaired) electrons. The maximum absolute atomic E-state index is 12.6. The molecule has 2 rings (SSSR count). The molecule has 1 aromatic rings. The first-order valence-electron chi connectivity index (χ1n) is 8.26. The molecule has 3 atom stereocenters. The Morgan fingerprint density at radius 3 is 2.61 bits per heavy atom. The van der Waals surface area contributed by atoms with Gasteiger partial charge in [-0.25, -0.2) is 0 Å². The summed E-state index contributed by atoms with van der Waals surface area (Å²) < 4.78 is 0. The van der Waals surface area contributed by atoms with Gasteiger partial charge in [-0.15, -0.1) is 0 Å². The van der Waals surface area contributed by atoms with Gasteiger partial charge in [0.2, 0.25) is 11.8 Å². The molecule has 126 valence electrons. The van der Waals surface area contributed by atoms with Crippen LogP contribution in [0.1, 0.15) is 25.3 Å². The van der Waals surface area contributed by atoms with Gasteiger partial charge in [-0.1, -0.05) is 30.3 Å². The first kappa shape index (κ1) is 17.5. The first-order chi connectivity index (χ1) is 11.0. The summed E-state index contributed by atoms with van der Waals surface area (Å²) in [5, 5.41) is 6.32. The zero-order valence-electron chi connectivity index (χ0n) is 14.2. The zero-order chi connectivity index (χ0) is 16.8. The summed E-state index contributed by atoms with van der Waals surface area (Å²) in [4.78, 5) is 26.5. The number of hydrogen-bond donors (Lipinski definition) is 2. The van der Waals surface area contributed by atoms with Gasteiger partial charge >= 0.3 is 0 Å². The number of benzene rings is 1. The molecule has 2 amide bonds. The van der Waals surface area contributed by atoms with Crippen molar-refractivity contribution in [2.45, 2.75) is 38.3 Å². The topological polar surface area (TPSA) is 61.4 Å². The summed E-state index contributed by atoms with van der Waals surface area (Å²) >= 11 is 0. The van der Waals surface area contributed by atoms with Crippen LogP contribution in [0.25, 0.3) is 0 Å². The van der Waals surface area contributed by atoms with Crippen molar-refractivity contribution in [1.29, 1.82) is 0 Å². The van der Waals surface area contributed by atoms with Gasteiger partial charge in [0.05, 0.1) is 0 Å². The summed E-state index contributed by atoms with van der Waals surface area (Å²) in [6, 6.07) is 9.64. The molecular formula is C18H27N3O2. The van der Waals surface area contributed by atoms with Crippen LogP contribution in [-0.4, -0.2) is 49.4 Å². The van der Waals surface area contributed by atoms with Gasteiger partial charge in [0.15, 0.2) is 0 Å². The quantitative estimate of drug-likeness (QED) is 0.857. The molecule has 5 nitrogen and oxygen atoms in total. The zero-order valence-corrected chi connectivity index (χ0v) is 14.2. The number of nitrogens with zero attached hydrogens (tertiary/aromatic N) is 1. The van der Waals surface area contributed by atoms with Crippen LogP contribution < -0.4 is 10.6 Å².